The van der Waals surface area contributed by atoms with Gasteiger partial charge in [0.2, 0.25) is 0 Å². The lowest BCUT2D eigenvalue weighted by Gasteiger charge is -2.40. The van der Waals surface area contributed by atoms with Gasteiger partial charge < -0.3 is 10.0 Å². The Balaban J connectivity index is 1.16. The minimum Gasteiger partial charge on any atom is -0.390 e. The van der Waals surface area contributed by atoms with Gasteiger partial charge in [-0.05, 0) is 74.1 Å². The third-order valence-corrected chi connectivity index (χ3v) is 9.17. The van der Waals surface area contributed by atoms with Crippen molar-refractivity contribution in [2.45, 2.75) is 70.4 Å². The van der Waals surface area contributed by atoms with Crippen molar-refractivity contribution in [2.75, 3.05) is 32.7 Å². The zero-order valence-electron chi connectivity index (χ0n) is 23.9. The highest BCUT2D eigenvalue weighted by Gasteiger charge is 2.41. The number of hydrogen-bond acceptors (Lipinski definition) is 5. The number of piperidine rings is 1. The molecule has 1 N–H and O–H groups in total. The van der Waals surface area contributed by atoms with Gasteiger partial charge in [-0.3, -0.25) is 14.7 Å². The molecule has 2 aromatic carbocycles. The van der Waals surface area contributed by atoms with Crippen LogP contribution >= 0.6 is 0 Å². The largest absolute Gasteiger partial charge is 0.390 e. The number of pyridine rings is 1. The first-order chi connectivity index (χ1) is 18.8. The van der Waals surface area contributed by atoms with E-state index in [2.05, 4.69) is 77.2 Å². The molecule has 0 spiro atoms. The van der Waals surface area contributed by atoms with Gasteiger partial charge in [0, 0.05) is 50.2 Å². The Morgan fingerprint density at radius 1 is 1.05 bits per heavy atom. The first-order valence-corrected chi connectivity index (χ1v) is 14.9. The second kappa shape index (κ2) is 12.3. The Morgan fingerprint density at radius 2 is 1.77 bits per heavy atom. The number of nitrogens with zero attached hydrogens (tertiary/aromatic N) is 3. The topological polar surface area (TPSA) is 56.7 Å². The standard InChI is InChI=1S/C34H45N3O2/c1-25(2)33(26(3)38)37-23-30(31(24-37)28-11-5-4-6-12-28)22-36-18-16-34(39,17-19-36)15-9-10-27-20-29-13-7-8-14-32(29)35-21-27/h4-8,11-14,20-21,25,30-31,33,39H,9-10,15-19,22-24H2,1-3H3/t30-,31+,33+/m0/s1. The van der Waals surface area contributed by atoms with Crippen molar-refractivity contribution in [3.8, 4) is 0 Å². The first-order valence-electron chi connectivity index (χ1n) is 14.9. The lowest BCUT2D eigenvalue weighted by atomic mass is 9.84. The van der Waals surface area contributed by atoms with Gasteiger partial charge in [-0.1, -0.05) is 62.4 Å². The molecule has 0 aliphatic carbocycles. The Hall–Kier alpha value is -2.60. The van der Waals surface area contributed by atoms with Crippen LogP contribution in [0, 0.1) is 11.8 Å². The third kappa shape index (κ3) is 6.77. The summed E-state index contributed by atoms with van der Waals surface area (Å²) in [6, 6.07) is 21.3. The SMILES string of the molecule is CC(=O)[C@@H](C(C)C)N1C[C@H](CN2CCC(O)(CCCc3cnc4ccccc4c3)CC2)[C@@H](c2ccccc2)C1. The normalized spacial score (nSPS) is 22.9. The van der Waals surface area contributed by atoms with Crippen LogP contribution in [0.3, 0.4) is 0 Å². The van der Waals surface area contributed by atoms with E-state index < -0.39 is 5.60 Å². The van der Waals surface area contributed by atoms with Crippen molar-refractivity contribution in [3.05, 3.63) is 78.0 Å². The second-order valence-corrected chi connectivity index (χ2v) is 12.4. The zero-order valence-corrected chi connectivity index (χ0v) is 23.9. The Labute approximate surface area is 234 Å². The summed E-state index contributed by atoms with van der Waals surface area (Å²) >= 11 is 0. The number of rotatable bonds is 10. The number of carbonyl (C=O) groups excluding carboxylic acids is 1. The Kier molecular flexibility index (Phi) is 8.80. The van der Waals surface area contributed by atoms with E-state index in [1.54, 1.807) is 6.92 Å². The van der Waals surface area contributed by atoms with E-state index in [0.29, 0.717) is 17.8 Å². The fraction of sp³-hybridized carbons (Fsp3) is 0.529. The van der Waals surface area contributed by atoms with Crippen LogP contribution in [0.25, 0.3) is 10.9 Å². The van der Waals surface area contributed by atoms with E-state index in [0.717, 1.165) is 70.3 Å². The predicted octanol–water partition coefficient (Wildman–Crippen LogP) is 5.71. The maximum Gasteiger partial charge on any atom is 0.147 e. The predicted molar refractivity (Wildman–Crippen MR) is 159 cm³/mol. The van der Waals surface area contributed by atoms with Gasteiger partial charge in [0.15, 0.2) is 0 Å². The molecular formula is C34H45N3O2. The molecule has 208 valence electrons. The van der Waals surface area contributed by atoms with Crippen molar-refractivity contribution in [2.24, 2.45) is 11.8 Å². The minimum absolute atomic E-state index is 0.00883. The number of ketones is 1. The molecule has 3 atom stereocenters. The second-order valence-electron chi connectivity index (χ2n) is 12.4. The molecule has 1 aromatic heterocycles. The number of fused-ring (bicyclic) bond motifs is 1. The van der Waals surface area contributed by atoms with Crippen LogP contribution in [0.1, 0.15) is 63.5 Å². The summed E-state index contributed by atoms with van der Waals surface area (Å²) in [5, 5.41) is 12.6. The van der Waals surface area contributed by atoms with E-state index in [4.69, 9.17) is 0 Å². The molecule has 5 nitrogen and oxygen atoms in total. The number of benzene rings is 2. The summed E-state index contributed by atoms with van der Waals surface area (Å²) in [6.07, 6.45) is 6.42. The fourth-order valence-electron chi connectivity index (χ4n) is 7.15. The molecule has 0 radical (unpaired) electrons. The number of para-hydroxylation sites is 1. The number of carbonyl (C=O) groups is 1. The molecular weight excluding hydrogens is 482 g/mol. The van der Waals surface area contributed by atoms with Crippen molar-refractivity contribution in [1.82, 2.24) is 14.8 Å². The number of aromatic nitrogens is 1. The molecule has 2 fully saturated rings. The lowest BCUT2D eigenvalue weighted by molar-refractivity contribution is -0.123. The molecule has 2 saturated heterocycles. The number of aryl methyl sites for hydroxylation is 1. The van der Waals surface area contributed by atoms with Gasteiger partial charge in [-0.25, -0.2) is 0 Å². The van der Waals surface area contributed by atoms with Crippen LogP contribution in [0.2, 0.25) is 0 Å². The summed E-state index contributed by atoms with van der Waals surface area (Å²) in [5.74, 6) is 1.51. The minimum atomic E-state index is -0.571. The van der Waals surface area contributed by atoms with Gasteiger partial charge >= 0.3 is 0 Å². The van der Waals surface area contributed by atoms with Crippen LogP contribution in [0.5, 0.6) is 0 Å². The quantitative estimate of drug-likeness (QED) is 0.366. The van der Waals surface area contributed by atoms with Crippen LogP contribution in [-0.4, -0.2) is 70.0 Å². The van der Waals surface area contributed by atoms with Crippen LogP contribution in [-0.2, 0) is 11.2 Å². The van der Waals surface area contributed by atoms with Gasteiger partial charge in [0.25, 0.3) is 0 Å². The van der Waals surface area contributed by atoms with Crippen LogP contribution < -0.4 is 0 Å². The van der Waals surface area contributed by atoms with Crippen molar-refractivity contribution in [1.29, 1.82) is 0 Å². The van der Waals surface area contributed by atoms with Gasteiger partial charge in [0.1, 0.15) is 5.78 Å². The Morgan fingerprint density at radius 3 is 2.49 bits per heavy atom. The zero-order chi connectivity index (χ0) is 27.4. The van der Waals surface area contributed by atoms with Gasteiger partial charge in [0.05, 0.1) is 17.2 Å². The van der Waals surface area contributed by atoms with Crippen molar-refractivity contribution < 1.29 is 9.90 Å². The highest BCUT2D eigenvalue weighted by Crippen LogP contribution is 2.37. The molecule has 2 aliphatic rings. The van der Waals surface area contributed by atoms with Crippen LogP contribution in [0.15, 0.2) is 66.9 Å². The average molecular weight is 528 g/mol. The molecule has 0 bridgehead atoms. The fourth-order valence-corrected chi connectivity index (χ4v) is 7.15. The van der Waals surface area contributed by atoms with Crippen LogP contribution in [0.4, 0.5) is 0 Å². The van der Waals surface area contributed by atoms with Gasteiger partial charge in [-0.15, -0.1) is 0 Å². The molecule has 2 aliphatic heterocycles. The highest BCUT2D eigenvalue weighted by molar-refractivity contribution is 5.81. The molecule has 3 heterocycles. The molecule has 39 heavy (non-hydrogen) atoms. The number of hydrogen-bond donors (Lipinski definition) is 1. The average Bonchev–Trinajstić information content (AvgIpc) is 3.33. The smallest absolute Gasteiger partial charge is 0.147 e. The summed E-state index contributed by atoms with van der Waals surface area (Å²) in [6.45, 7) is 10.9. The molecule has 0 saturated carbocycles. The molecule has 5 heteroatoms. The molecule has 0 amide bonds. The molecule has 3 aromatic rings. The highest BCUT2D eigenvalue weighted by atomic mass is 16.3. The van der Waals surface area contributed by atoms with Crippen molar-refractivity contribution in [3.63, 3.8) is 0 Å². The summed E-state index contributed by atoms with van der Waals surface area (Å²) in [7, 11) is 0. The lowest BCUT2D eigenvalue weighted by Crippen LogP contribution is -2.47. The van der Waals surface area contributed by atoms with Gasteiger partial charge in [-0.2, -0.15) is 0 Å². The molecule has 0 unspecified atom stereocenters. The summed E-state index contributed by atoms with van der Waals surface area (Å²) in [4.78, 5) is 22.1. The van der Waals surface area contributed by atoms with E-state index in [1.807, 2.05) is 18.3 Å². The van der Waals surface area contributed by atoms with E-state index >= 15 is 0 Å². The first kappa shape index (κ1) is 27.9. The van der Waals surface area contributed by atoms with E-state index in [9.17, 15) is 9.90 Å². The Bertz CT molecular complexity index is 1240. The molecule has 5 rings (SSSR count). The third-order valence-electron chi connectivity index (χ3n) is 9.17. The summed E-state index contributed by atoms with van der Waals surface area (Å²) in [5.41, 5.74) is 3.09. The summed E-state index contributed by atoms with van der Waals surface area (Å²) < 4.78 is 0. The number of Topliss-reactive ketones (excluding diaryl/α,β-unsaturated/α-hetero) is 1. The maximum absolute atomic E-state index is 12.5. The monoisotopic (exact) mass is 527 g/mol. The maximum atomic E-state index is 12.5. The number of aliphatic hydroxyl groups is 1. The number of likely N-dealkylation sites (tertiary alicyclic amines) is 2. The van der Waals surface area contributed by atoms with E-state index in [-0.39, 0.29) is 11.8 Å². The van der Waals surface area contributed by atoms with E-state index in [1.165, 1.54) is 16.5 Å². The van der Waals surface area contributed by atoms with Crippen molar-refractivity contribution >= 4 is 16.7 Å².